The lowest BCUT2D eigenvalue weighted by atomic mass is 9.72. The predicted octanol–water partition coefficient (Wildman–Crippen LogP) is 6.18. The summed E-state index contributed by atoms with van der Waals surface area (Å²) in [4.78, 5) is 43.3. The molecular formula is C37H60N4O9. The van der Waals surface area contributed by atoms with Crippen molar-refractivity contribution in [2.24, 2.45) is 29.4 Å². The molecule has 0 spiro atoms. The van der Waals surface area contributed by atoms with Crippen LogP contribution in [-0.2, 0) is 23.8 Å². The minimum Gasteiger partial charge on any atom is -0.434 e. The van der Waals surface area contributed by atoms with E-state index in [-0.39, 0.29) is 61.9 Å². The SMILES string of the molecule is COCCCC(c1ccc2c(C)c[nH]c2c1)[C@@H](C[C@H](N)[C@@H](O)C[C@H](C(=O)NC1CCC(OC(=O)OCCCO[N+](=O)[O-])CC1)C(C)C)C(C)C. The number of hydrogen-bond acceptors (Lipinski definition) is 10. The number of aromatic amines is 1. The summed E-state index contributed by atoms with van der Waals surface area (Å²) < 4.78 is 15.7. The van der Waals surface area contributed by atoms with Crippen molar-refractivity contribution >= 4 is 23.0 Å². The van der Waals surface area contributed by atoms with Crippen molar-refractivity contribution in [3.8, 4) is 0 Å². The van der Waals surface area contributed by atoms with Gasteiger partial charge in [-0.3, -0.25) is 4.79 Å². The molecule has 1 amide bonds. The summed E-state index contributed by atoms with van der Waals surface area (Å²) in [7, 11) is 1.72. The van der Waals surface area contributed by atoms with E-state index in [4.69, 9.17) is 19.9 Å². The normalized spacial score (nSPS) is 19.5. The Kier molecular flexibility index (Phi) is 16.8. The van der Waals surface area contributed by atoms with Crippen LogP contribution >= 0.6 is 0 Å². The highest BCUT2D eigenvalue weighted by Crippen LogP contribution is 2.39. The van der Waals surface area contributed by atoms with Gasteiger partial charge in [0.25, 0.3) is 5.09 Å². The van der Waals surface area contributed by atoms with Crippen LogP contribution in [0, 0.1) is 40.7 Å². The first-order valence-electron chi connectivity index (χ1n) is 18.2. The quantitative estimate of drug-likeness (QED) is 0.0506. The van der Waals surface area contributed by atoms with Gasteiger partial charge >= 0.3 is 6.16 Å². The molecule has 2 aromatic rings. The molecule has 13 nitrogen and oxygen atoms in total. The van der Waals surface area contributed by atoms with Crippen molar-refractivity contribution in [2.75, 3.05) is 26.9 Å². The van der Waals surface area contributed by atoms with E-state index in [2.05, 4.69) is 54.1 Å². The number of carbonyl (C=O) groups is 2. The second-order valence-corrected chi connectivity index (χ2v) is 14.6. The third-order valence-electron chi connectivity index (χ3n) is 10.2. The number of aliphatic hydroxyl groups is 1. The number of aryl methyl sites for hydroxylation is 1. The second-order valence-electron chi connectivity index (χ2n) is 14.6. The molecule has 0 radical (unpaired) electrons. The first kappa shape index (κ1) is 41.0. The fraction of sp³-hybridized carbons (Fsp3) is 0.730. The van der Waals surface area contributed by atoms with E-state index >= 15 is 0 Å². The average molecular weight is 705 g/mol. The smallest absolute Gasteiger partial charge is 0.434 e. The number of nitrogens with one attached hydrogen (secondary N) is 2. The number of hydrogen-bond donors (Lipinski definition) is 4. The zero-order valence-electron chi connectivity index (χ0n) is 30.7. The summed E-state index contributed by atoms with van der Waals surface area (Å²) in [6.45, 7) is 11.0. The lowest BCUT2D eigenvalue weighted by Crippen LogP contribution is -2.46. The van der Waals surface area contributed by atoms with Crippen LogP contribution in [0.4, 0.5) is 4.79 Å². The Morgan fingerprint density at radius 1 is 1.06 bits per heavy atom. The highest BCUT2D eigenvalue weighted by molar-refractivity contribution is 5.83. The molecule has 1 aliphatic carbocycles. The number of fused-ring (bicyclic) bond motifs is 1. The molecule has 0 saturated heterocycles. The molecule has 50 heavy (non-hydrogen) atoms. The maximum Gasteiger partial charge on any atom is 0.508 e. The molecule has 0 bridgehead atoms. The van der Waals surface area contributed by atoms with Crippen LogP contribution in [0.3, 0.4) is 0 Å². The summed E-state index contributed by atoms with van der Waals surface area (Å²) in [5, 5.41) is 25.1. The molecule has 5 atom stereocenters. The molecule has 1 aromatic heterocycles. The van der Waals surface area contributed by atoms with E-state index in [1.54, 1.807) is 7.11 Å². The van der Waals surface area contributed by atoms with Crippen LogP contribution in [0.1, 0.15) is 103 Å². The molecule has 1 fully saturated rings. The van der Waals surface area contributed by atoms with Crippen LogP contribution in [-0.4, -0.2) is 78.5 Å². The van der Waals surface area contributed by atoms with Crippen molar-refractivity contribution in [3.63, 3.8) is 0 Å². The summed E-state index contributed by atoms with van der Waals surface area (Å²) >= 11 is 0. The maximum absolute atomic E-state index is 13.5. The van der Waals surface area contributed by atoms with E-state index in [0.29, 0.717) is 44.6 Å². The Morgan fingerprint density at radius 2 is 1.78 bits per heavy atom. The van der Waals surface area contributed by atoms with Gasteiger partial charge in [-0.2, -0.15) is 0 Å². The van der Waals surface area contributed by atoms with Crippen molar-refractivity contribution in [1.29, 1.82) is 0 Å². The summed E-state index contributed by atoms with van der Waals surface area (Å²) in [5.41, 5.74) is 10.4. The maximum atomic E-state index is 13.5. The lowest BCUT2D eigenvalue weighted by molar-refractivity contribution is -0.757. The molecule has 1 heterocycles. The van der Waals surface area contributed by atoms with Gasteiger partial charge in [-0.15, -0.1) is 10.1 Å². The summed E-state index contributed by atoms with van der Waals surface area (Å²) in [6, 6.07) is 6.11. The van der Waals surface area contributed by atoms with Gasteiger partial charge in [-0.25, -0.2) is 4.79 Å². The zero-order chi connectivity index (χ0) is 36.8. The van der Waals surface area contributed by atoms with Crippen LogP contribution in [0.5, 0.6) is 0 Å². The molecule has 1 aliphatic rings. The number of methoxy groups -OCH3 is 1. The number of ether oxygens (including phenoxy) is 3. The topological polar surface area (TPSA) is 188 Å². The number of nitrogens with two attached hydrogens (primary N) is 1. The number of benzene rings is 1. The second kappa shape index (κ2) is 20.4. The van der Waals surface area contributed by atoms with Crippen molar-refractivity contribution in [3.05, 3.63) is 45.6 Å². The molecule has 1 aromatic carbocycles. The highest BCUT2D eigenvalue weighted by Gasteiger charge is 2.34. The van der Waals surface area contributed by atoms with E-state index in [0.717, 1.165) is 18.4 Å². The molecule has 13 heteroatoms. The number of H-pyrrole nitrogens is 1. The number of carbonyl (C=O) groups excluding carboxylic acids is 2. The van der Waals surface area contributed by atoms with Gasteiger partial charge < -0.3 is 40.2 Å². The molecule has 5 N–H and O–H groups in total. The number of aliphatic hydroxyl groups excluding tert-OH is 1. The monoisotopic (exact) mass is 704 g/mol. The minimum absolute atomic E-state index is 0.000663. The predicted molar refractivity (Wildman–Crippen MR) is 191 cm³/mol. The molecule has 1 saturated carbocycles. The number of amides is 1. The van der Waals surface area contributed by atoms with Crippen LogP contribution in [0.25, 0.3) is 10.9 Å². The van der Waals surface area contributed by atoms with Gasteiger partial charge in [-0.05, 0) is 99.2 Å². The van der Waals surface area contributed by atoms with Crippen LogP contribution in [0.2, 0.25) is 0 Å². The van der Waals surface area contributed by atoms with E-state index in [1.165, 1.54) is 16.5 Å². The fourth-order valence-electron chi connectivity index (χ4n) is 7.24. The van der Waals surface area contributed by atoms with Crippen molar-refractivity contribution < 1.29 is 38.8 Å². The molecule has 282 valence electrons. The number of nitrogens with zero attached hydrogens (tertiary/aromatic N) is 1. The Morgan fingerprint density at radius 3 is 2.42 bits per heavy atom. The number of rotatable bonds is 21. The summed E-state index contributed by atoms with van der Waals surface area (Å²) in [5.74, 6) is 0.265. The van der Waals surface area contributed by atoms with Crippen LogP contribution in [0.15, 0.2) is 24.4 Å². The highest BCUT2D eigenvalue weighted by atomic mass is 16.9. The Labute approximate surface area is 296 Å². The third kappa shape index (κ3) is 12.7. The largest absolute Gasteiger partial charge is 0.508 e. The van der Waals surface area contributed by atoms with Crippen LogP contribution < -0.4 is 11.1 Å². The van der Waals surface area contributed by atoms with Crippen molar-refractivity contribution in [1.82, 2.24) is 10.3 Å². The van der Waals surface area contributed by atoms with Gasteiger partial charge in [-0.1, -0.05) is 39.8 Å². The van der Waals surface area contributed by atoms with E-state index in [1.807, 2.05) is 20.0 Å². The zero-order valence-corrected chi connectivity index (χ0v) is 30.7. The lowest BCUT2D eigenvalue weighted by Gasteiger charge is -2.35. The Balaban J connectivity index is 1.55. The van der Waals surface area contributed by atoms with Gasteiger partial charge in [0.05, 0.1) is 19.3 Å². The van der Waals surface area contributed by atoms with Crippen molar-refractivity contribution in [2.45, 2.75) is 123 Å². The van der Waals surface area contributed by atoms with E-state index < -0.39 is 29.3 Å². The Hall–Kier alpha value is -3.42. The standard InChI is InChI=1S/C37H60N4O9/c1-23(2)31(30(9-7-16-47-6)26-10-15-29-25(5)22-39-34(29)19-26)20-33(38)35(42)21-32(24(3)4)36(43)40-27-11-13-28(14-12-27)50-37(44)48-17-8-18-49-41(45)46/h10,15,19,22-24,27-28,30-33,35,39,42H,7-9,11-14,16-18,20-21,38H2,1-6H3,(H,40,43)/t27?,28?,30?,31-,32-,33-,35-/m0/s1. The van der Waals surface area contributed by atoms with Gasteiger partial charge in [0.2, 0.25) is 5.91 Å². The third-order valence-corrected chi connectivity index (χ3v) is 10.2. The molecule has 0 aliphatic heterocycles. The van der Waals surface area contributed by atoms with Gasteiger partial charge in [0.1, 0.15) is 6.10 Å². The molecular weight excluding hydrogens is 644 g/mol. The molecule has 3 rings (SSSR count). The fourth-order valence-corrected chi connectivity index (χ4v) is 7.24. The van der Waals surface area contributed by atoms with E-state index in [9.17, 15) is 24.8 Å². The minimum atomic E-state index is -0.895. The van der Waals surface area contributed by atoms with Gasteiger partial charge in [0.15, 0.2) is 0 Å². The Bertz CT molecular complexity index is 1340. The number of aromatic nitrogens is 1. The summed E-state index contributed by atoms with van der Waals surface area (Å²) in [6.07, 6.45) is 5.42. The molecule has 1 unspecified atom stereocenters. The average Bonchev–Trinajstić information content (AvgIpc) is 3.44. The first-order valence-corrected chi connectivity index (χ1v) is 18.2. The van der Waals surface area contributed by atoms with Gasteiger partial charge in [0, 0.05) is 55.2 Å². The first-order chi connectivity index (χ1) is 23.8.